The van der Waals surface area contributed by atoms with Crippen LogP contribution < -0.4 is 11.1 Å². The van der Waals surface area contributed by atoms with E-state index >= 15 is 0 Å². The number of nitrogens with two attached hydrogens (primary N) is 1. The van der Waals surface area contributed by atoms with Crippen LogP contribution in [0.25, 0.3) is 10.9 Å². The minimum atomic E-state index is 0.274. The summed E-state index contributed by atoms with van der Waals surface area (Å²) in [6.07, 6.45) is 1.82. The van der Waals surface area contributed by atoms with Crippen LogP contribution in [0, 0.1) is 0 Å². The van der Waals surface area contributed by atoms with E-state index < -0.39 is 0 Å². The fraction of sp³-hybridized carbons (Fsp3) is 0.300. The maximum Gasteiger partial charge on any atom is 0.0671 e. The third kappa shape index (κ3) is 1.56. The van der Waals surface area contributed by atoms with Gasteiger partial charge in [-0.25, -0.2) is 0 Å². The fourth-order valence-electron chi connectivity index (χ4n) is 1.42. The topological polar surface area (TPSA) is 66.7 Å². The lowest BCUT2D eigenvalue weighted by Gasteiger charge is -2.13. The lowest BCUT2D eigenvalue weighted by Crippen LogP contribution is -2.25. The van der Waals surface area contributed by atoms with Crippen molar-refractivity contribution in [1.82, 2.24) is 10.2 Å². The molecule has 1 heterocycles. The summed E-state index contributed by atoms with van der Waals surface area (Å²) < 4.78 is 0. The second-order valence-electron chi connectivity index (χ2n) is 3.42. The van der Waals surface area contributed by atoms with Gasteiger partial charge in [-0.2, -0.15) is 5.10 Å². The Morgan fingerprint density at radius 2 is 2.43 bits per heavy atom. The van der Waals surface area contributed by atoms with E-state index in [9.17, 15) is 0 Å². The molecule has 4 N–H and O–H groups in total. The maximum absolute atomic E-state index is 5.55. The number of anilines is 1. The van der Waals surface area contributed by atoms with Crippen molar-refractivity contribution in [3.8, 4) is 0 Å². The third-order valence-electron chi connectivity index (χ3n) is 2.24. The van der Waals surface area contributed by atoms with Crippen LogP contribution in [-0.4, -0.2) is 22.8 Å². The summed E-state index contributed by atoms with van der Waals surface area (Å²) in [5, 5.41) is 11.4. The van der Waals surface area contributed by atoms with Gasteiger partial charge in [0.05, 0.1) is 11.7 Å². The Hall–Kier alpha value is -1.55. The van der Waals surface area contributed by atoms with Crippen molar-refractivity contribution < 1.29 is 0 Å². The molecular weight excluding hydrogens is 176 g/mol. The van der Waals surface area contributed by atoms with Crippen molar-refractivity contribution in [2.45, 2.75) is 13.0 Å². The van der Waals surface area contributed by atoms with Crippen LogP contribution >= 0.6 is 0 Å². The van der Waals surface area contributed by atoms with Gasteiger partial charge in [0.25, 0.3) is 0 Å². The lowest BCUT2D eigenvalue weighted by molar-refractivity contribution is 0.805. The quantitative estimate of drug-likeness (QED) is 0.683. The minimum Gasteiger partial charge on any atom is -0.381 e. The van der Waals surface area contributed by atoms with Crippen LogP contribution in [-0.2, 0) is 0 Å². The first kappa shape index (κ1) is 9.02. The molecule has 0 bridgehead atoms. The summed E-state index contributed by atoms with van der Waals surface area (Å²) in [6, 6.07) is 6.30. The zero-order valence-electron chi connectivity index (χ0n) is 8.12. The zero-order valence-corrected chi connectivity index (χ0v) is 8.12. The summed E-state index contributed by atoms with van der Waals surface area (Å²) >= 11 is 0. The molecule has 4 heteroatoms. The summed E-state index contributed by atoms with van der Waals surface area (Å²) in [6.45, 7) is 2.67. The molecule has 74 valence electrons. The first-order valence-corrected chi connectivity index (χ1v) is 4.70. The van der Waals surface area contributed by atoms with Crippen LogP contribution in [0.2, 0.25) is 0 Å². The monoisotopic (exact) mass is 190 g/mol. The van der Waals surface area contributed by atoms with Crippen LogP contribution in [0.5, 0.6) is 0 Å². The first-order valence-electron chi connectivity index (χ1n) is 4.70. The van der Waals surface area contributed by atoms with E-state index in [2.05, 4.69) is 22.4 Å². The van der Waals surface area contributed by atoms with E-state index in [4.69, 9.17) is 5.73 Å². The molecule has 0 aliphatic heterocycles. The number of hydrogen-bond donors (Lipinski definition) is 3. The van der Waals surface area contributed by atoms with Gasteiger partial charge in [-0.15, -0.1) is 0 Å². The number of fused-ring (bicyclic) bond motifs is 1. The van der Waals surface area contributed by atoms with E-state index in [0.29, 0.717) is 6.54 Å². The van der Waals surface area contributed by atoms with Gasteiger partial charge < -0.3 is 11.1 Å². The van der Waals surface area contributed by atoms with Gasteiger partial charge in [0.1, 0.15) is 0 Å². The Kier molecular flexibility index (Phi) is 2.37. The van der Waals surface area contributed by atoms with Crippen LogP contribution in [0.3, 0.4) is 0 Å². The van der Waals surface area contributed by atoms with E-state index in [1.54, 1.807) is 0 Å². The largest absolute Gasteiger partial charge is 0.381 e. The number of nitrogens with zero attached hydrogens (tertiary/aromatic N) is 1. The van der Waals surface area contributed by atoms with Gasteiger partial charge in [0.2, 0.25) is 0 Å². The standard InChI is InChI=1S/C10H14N4/c1-7(5-11)13-9-3-2-4-10-8(9)6-12-14-10/h2-4,6-7,13H,5,11H2,1H3,(H,12,14). The van der Waals surface area contributed by atoms with Gasteiger partial charge in [0, 0.05) is 23.7 Å². The highest BCUT2D eigenvalue weighted by Crippen LogP contribution is 2.21. The number of rotatable bonds is 3. The molecule has 0 aliphatic carbocycles. The molecule has 0 saturated heterocycles. The van der Waals surface area contributed by atoms with Gasteiger partial charge in [-0.05, 0) is 19.1 Å². The van der Waals surface area contributed by atoms with Crippen molar-refractivity contribution in [1.29, 1.82) is 0 Å². The van der Waals surface area contributed by atoms with Crippen molar-refractivity contribution in [3.05, 3.63) is 24.4 Å². The molecule has 14 heavy (non-hydrogen) atoms. The second-order valence-corrected chi connectivity index (χ2v) is 3.42. The van der Waals surface area contributed by atoms with E-state index in [-0.39, 0.29) is 6.04 Å². The minimum absolute atomic E-state index is 0.274. The molecule has 4 nitrogen and oxygen atoms in total. The van der Waals surface area contributed by atoms with Crippen LogP contribution in [0.15, 0.2) is 24.4 Å². The predicted octanol–water partition coefficient (Wildman–Crippen LogP) is 1.32. The molecule has 0 aliphatic rings. The highest BCUT2D eigenvalue weighted by Gasteiger charge is 2.04. The molecule has 0 spiro atoms. The molecule has 1 unspecified atom stereocenters. The smallest absolute Gasteiger partial charge is 0.0671 e. The molecule has 0 amide bonds. The van der Waals surface area contributed by atoms with Gasteiger partial charge >= 0.3 is 0 Å². The van der Waals surface area contributed by atoms with Crippen molar-refractivity contribution in [2.24, 2.45) is 5.73 Å². The number of H-pyrrole nitrogens is 1. The average molecular weight is 190 g/mol. The van der Waals surface area contributed by atoms with Crippen LogP contribution in [0.1, 0.15) is 6.92 Å². The number of hydrogen-bond acceptors (Lipinski definition) is 3. The third-order valence-corrected chi connectivity index (χ3v) is 2.24. The molecule has 0 fully saturated rings. The Labute approximate surface area is 82.5 Å². The Morgan fingerprint density at radius 3 is 3.21 bits per heavy atom. The summed E-state index contributed by atoms with van der Waals surface area (Å²) in [4.78, 5) is 0. The van der Waals surface area contributed by atoms with E-state index in [1.807, 2.05) is 24.4 Å². The zero-order chi connectivity index (χ0) is 9.97. The first-order chi connectivity index (χ1) is 6.81. The Bertz CT molecular complexity index is 421. The van der Waals surface area contributed by atoms with Crippen LogP contribution in [0.4, 0.5) is 5.69 Å². The van der Waals surface area contributed by atoms with E-state index in [0.717, 1.165) is 16.6 Å². The molecule has 0 saturated carbocycles. The molecule has 1 atom stereocenters. The van der Waals surface area contributed by atoms with Gasteiger partial charge in [0.15, 0.2) is 0 Å². The highest BCUT2D eigenvalue weighted by atomic mass is 15.1. The SMILES string of the molecule is CC(CN)Nc1cccc2[nH]ncc12. The van der Waals surface area contributed by atoms with Crippen molar-refractivity contribution >= 4 is 16.6 Å². The normalized spacial score (nSPS) is 13.0. The van der Waals surface area contributed by atoms with Gasteiger partial charge in [-0.1, -0.05) is 6.07 Å². The molecule has 2 aromatic rings. The number of nitrogens with one attached hydrogen (secondary N) is 2. The summed E-state index contributed by atoms with van der Waals surface area (Å²) in [7, 11) is 0. The molecule has 2 rings (SSSR count). The van der Waals surface area contributed by atoms with Crippen molar-refractivity contribution in [3.63, 3.8) is 0 Å². The Balaban J connectivity index is 2.36. The maximum atomic E-state index is 5.55. The molecule has 1 aromatic heterocycles. The number of aromatic amines is 1. The molecule has 0 radical (unpaired) electrons. The summed E-state index contributed by atoms with van der Waals surface area (Å²) in [5.74, 6) is 0. The molecular formula is C10H14N4. The number of benzene rings is 1. The van der Waals surface area contributed by atoms with Crippen molar-refractivity contribution in [2.75, 3.05) is 11.9 Å². The number of aromatic nitrogens is 2. The highest BCUT2D eigenvalue weighted by molar-refractivity contribution is 5.90. The average Bonchev–Trinajstić information content (AvgIpc) is 2.66. The predicted molar refractivity (Wildman–Crippen MR) is 58.2 cm³/mol. The lowest BCUT2D eigenvalue weighted by atomic mass is 10.2. The fourth-order valence-corrected chi connectivity index (χ4v) is 1.42. The molecule has 1 aromatic carbocycles. The second kappa shape index (κ2) is 3.67. The summed E-state index contributed by atoms with van der Waals surface area (Å²) in [5.41, 5.74) is 7.67. The van der Waals surface area contributed by atoms with Gasteiger partial charge in [-0.3, -0.25) is 5.10 Å². The van der Waals surface area contributed by atoms with E-state index in [1.165, 1.54) is 0 Å². The Morgan fingerprint density at radius 1 is 1.57 bits per heavy atom.